The second-order valence-corrected chi connectivity index (χ2v) is 3.59. The molecule has 0 N–H and O–H groups in total. The fourth-order valence-corrected chi connectivity index (χ4v) is 1.54. The van der Waals surface area contributed by atoms with Gasteiger partial charge in [-0.15, -0.1) is 0 Å². The molecule has 6 heteroatoms. The lowest BCUT2D eigenvalue weighted by molar-refractivity contribution is 0.553. The van der Waals surface area contributed by atoms with Gasteiger partial charge in [-0.05, 0) is 19.1 Å². The van der Waals surface area contributed by atoms with Crippen LogP contribution < -0.4 is 5.43 Å². The molecule has 0 radical (unpaired) electrons. The summed E-state index contributed by atoms with van der Waals surface area (Å²) in [6, 6.07) is 6.06. The maximum Gasteiger partial charge on any atom is 0.218 e. The van der Waals surface area contributed by atoms with Crippen molar-refractivity contribution >= 4 is 0 Å². The highest BCUT2D eigenvalue weighted by Gasteiger charge is 2.14. The second-order valence-electron chi connectivity index (χ2n) is 3.59. The van der Waals surface area contributed by atoms with Crippen molar-refractivity contribution in [2.75, 3.05) is 0 Å². The van der Waals surface area contributed by atoms with Crippen LogP contribution in [0.1, 0.15) is 11.4 Å². The summed E-state index contributed by atoms with van der Waals surface area (Å²) in [5, 5.41) is 12.4. The van der Waals surface area contributed by atoms with Gasteiger partial charge in [-0.25, -0.2) is 13.5 Å². The van der Waals surface area contributed by atoms with E-state index in [2.05, 4.69) is 5.10 Å². The first-order valence-corrected chi connectivity index (χ1v) is 5.00. The van der Waals surface area contributed by atoms with Gasteiger partial charge in [0.25, 0.3) is 0 Å². The topological polar surface area (TPSA) is 58.7 Å². The van der Waals surface area contributed by atoms with E-state index in [1.54, 1.807) is 6.07 Å². The maximum atomic E-state index is 13.6. The number of hydrogen-bond acceptors (Lipinski definition) is 3. The summed E-state index contributed by atoms with van der Waals surface area (Å²) < 4.78 is 28.1. The van der Waals surface area contributed by atoms with E-state index in [0.29, 0.717) is 0 Å². The van der Waals surface area contributed by atoms with Crippen molar-refractivity contribution in [1.82, 2.24) is 9.78 Å². The third-order valence-corrected chi connectivity index (χ3v) is 2.36. The van der Waals surface area contributed by atoms with Crippen LogP contribution in [0.5, 0.6) is 0 Å². The van der Waals surface area contributed by atoms with Crippen molar-refractivity contribution < 1.29 is 8.78 Å². The molecule has 0 saturated carbocycles. The molecule has 0 atom stereocenters. The van der Waals surface area contributed by atoms with Gasteiger partial charge in [0, 0.05) is 11.8 Å². The summed E-state index contributed by atoms with van der Waals surface area (Å²) >= 11 is 0. The van der Waals surface area contributed by atoms with Gasteiger partial charge in [-0.2, -0.15) is 10.4 Å². The zero-order valence-corrected chi connectivity index (χ0v) is 9.32. The van der Waals surface area contributed by atoms with E-state index in [-0.39, 0.29) is 5.69 Å². The molecule has 0 amide bonds. The zero-order valence-electron chi connectivity index (χ0n) is 9.32. The number of halogens is 2. The monoisotopic (exact) mass is 247 g/mol. The predicted molar refractivity (Wildman–Crippen MR) is 59.2 cm³/mol. The SMILES string of the molecule is Cc1cc(=O)c(C#N)nn1-c1c(F)cccc1F. The van der Waals surface area contributed by atoms with Gasteiger partial charge in [0.1, 0.15) is 11.8 Å². The fraction of sp³-hybridized carbons (Fsp3) is 0.0833. The predicted octanol–water partition coefficient (Wildman–Crippen LogP) is 1.69. The molecule has 1 heterocycles. The van der Waals surface area contributed by atoms with Crippen LogP contribution in [0.2, 0.25) is 0 Å². The lowest BCUT2D eigenvalue weighted by Gasteiger charge is -2.10. The molecule has 2 rings (SSSR count). The van der Waals surface area contributed by atoms with E-state index in [1.165, 1.54) is 13.0 Å². The van der Waals surface area contributed by atoms with Crippen LogP contribution in [0.3, 0.4) is 0 Å². The standard InChI is InChI=1S/C12H7F2N3O/c1-7-5-11(18)10(6-15)16-17(7)12-8(13)3-2-4-9(12)14/h2-5H,1H3. The highest BCUT2D eigenvalue weighted by molar-refractivity contribution is 5.36. The average molecular weight is 247 g/mol. The molecule has 0 fully saturated rings. The number of rotatable bonds is 1. The highest BCUT2D eigenvalue weighted by Crippen LogP contribution is 2.17. The Bertz CT molecular complexity index is 696. The maximum absolute atomic E-state index is 13.6. The zero-order chi connectivity index (χ0) is 13.3. The first kappa shape index (κ1) is 11.9. The minimum atomic E-state index is -0.821. The quantitative estimate of drug-likeness (QED) is 0.770. The molecule has 1 aromatic carbocycles. The van der Waals surface area contributed by atoms with Gasteiger partial charge in [0.2, 0.25) is 11.1 Å². The highest BCUT2D eigenvalue weighted by atomic mass is 19.1. The number of aryl methyl sites for hydroxylation is 1. The number of aromatic nitrogens is 2. The number of nitrogens with zero attached hydrogens (tertiary/aromatic N) is 3. The molecule has 0 aliphatic heterocycles. The lowest BCUT2D eigenvalue weighted by atomic mass is 10.2. The van der Waals surface area contributed by atoms with Crippen LogP contribution in [-0.4, -0.2) is 9.78 Å². The van der Waals surface area contributed by atoms with Crippen LogP contribution in [-0.2, 0) is 0 Å². The summed E-state index contributed by atoms with van der Waals surface area (Å²) in [7, 11) is 0. The summed E-state index contributed by atoms with van der Waals surface area (Å²) in [5.74, 6) is -1.64. The molecule has 18 heavy (non-hydrogen) atoms. The van der Waals surface area contributed by atoms with Crippen molar-refractivity contribution in [3.8, 4) is 11.8 Å². The van der Waals surface area contributed by atoms with Crippen molar-refractivity contribution in [2.24, 2.45) is 0 Å². The Hall–Kier alpha value is -2.55. The Morgan fingerprint density at radius 3 is 2.50 bits per heavy atom. The van der Waals surface area contributed by atoms with Crippen molar-refractivity contribution in [3.05, 3.63) is 57.5 Å². The Balaban J connectivity index is 2.80. The Kier molecular flexibility index (Phi) is 2.90. The fourth-order valence-electron chi connectivity index (χ4n) is 1.54. The second kappa shape index (κ2) is 4.37. The summed E-state index contributed by atoms with van der Waals surface area (Å²) in [6.07, 6.45) is 0. The normalized spacial score (nSPS) is 10.1. The molecule has 1 aromatic heterocycles. The third kappa shape index (κ3) is 1.86. The van der Waals surface area contributed by atoms with E-state index in [9.17, 15) is 13.6 Å². The molecule has 0 aliphatic rings. The summed E-state index contributed by atoms with van der Waals surface area (Å²) in [6.45, 7) is 1.47. The van der Waals surface area contributed by atoms with Gasteiger partial charge < -0.3 is 0 Å². The lowest BCUT2D eigenvalue weighted by Crippen LogP contribution is -2.18. The summed E-state index contributed by atoms with van der Waals surface area (Å²) in [5.41, 5.74) is -1.17. The molecule has 4 nitrogen and oxygen atoms in total. The van der Waals surface area contributed by atoms with E-state index in [4.69, 9.17) is 5.26 Å². The van der Waals surface area contributed by atoms with Gasteiger partial charge in [-0.1, -0.05) is 6.07 Å². The molecule has 0 spiro atoms. The molecule has 0 unspecified atom stereocenters. The van der Waals surface area contributed by atoms with Crippen molar-refractivity contribution in [1.29, 1.82) is 5.26 Å². The number of benzene rings is 1. The van der Waals surface area contributed by atoms with Gasteiger partial charge >= 0.3 is 0 Å². The average Bonchev–Trinajstić information content (AvgIpc) is 2.31. The smallest absolute Gasteiger partial charge is 0.218 e. The van der Waals surface area contributed by atoms with Crippen molar-refractivity contribution in [2.45, 2.75) is 6.92 Å². The van der Waals surface area contributed by atoms with Crippen LogP contribution in [0.25, 0.3) is 5.69 Å². The van der Waals surface area contributed by atoms with E-state index in [0.717, 1.165) is 22.9 Å². The number of nitriles is 1. The number of hydrogen-bond donors (Lipinski definition) is 0. The Morgan fingerprint density at radius 2 is 1.94 bits per heavy atom. The molecule has 0 bridgehead atoms. The molecule has 90 valence electrons. The molecule has 0 saturated heterocycles. The van der Waals surface area contributed by atoms with Gasteiger partial charge in [-0.3, -0.25) is 4.79 Å². The molecular formula is C12H7F2N3O. The van der Waals surface area contributed by atoms with E-state index in [1.807, 2.05) is 0 Å². The molecular weight excluding hydrogens is 240 g/mol. The first-order chi connectivity index (χ1) is 8.54. The minimum Gasteiger partial charge on any atom is -0.287 e. The van der Waals surface area contributed by atoms with E-state index < -0.39 is 28.4 Å². The first-order valence-electron chi connectivity index (χ1n) is 5.00. The van der Waals surface area contributed by atoms with Crippen LogP contribution in [0, 0.1) is 29.9 Å². The Labute approximate surface area is 101 Å². The molecule has 0 aliphatic carbocycles. The Morgan fingerprint density at radius 1 is 1.33 bits per heavy atom. The van der Waals surface area contributed by atoms with E-state index >= 15 is 0 Å². The van der Waals surface area contributed by atoms with Gasteiger partial charge in [0.15, 0.2) is 11.6 Å². The summed E-state index contributed by atoms with van der Waals surface area (Å²) in [4.78, 5) is 11.3. The van der Waals surface area contributed by atoms with Crippen molar-refractivity contribution in [3.63, 3.8) is 0 Å². The minimum absolute atomic E-state index is 0.239. The molecule has 2 aromatic rings. The third-order valence-electron chi connectivity index (χ3n) is 2.36. The van der Waals surface area contributed by atoms with Crippen LogP contribution in [0.15, 0.2) is 29.1 Å². The van der Waals surface area contributed by atoms with Crippen LogP contribution in [0.4, 0.5) is 8.78 Å². The number of para-hydroxylation sites is 1. The van der Waals surface area contributed by atoms with Gasteiger partial charge in [0.05, 0.1) is 0 Å². The largest absolute Gasteiger partial charge is 0.287 e. The van der Waals surface area contributed by atoms with Crippen LogP contribution >= 0.6 is 0 Å².